The van der Waals surface area contributed by atoms with E-state index < -0.39 is 0 Å². The van der Waals surface area contributed by atoms with Gasteiger partial charge in [0.05, 0.1) is 0 Å². The topological polar surface area (TPSA) is 0 Å². The van der Waals surface area contributed by atoms with Gasteiger partial charge in [-0.2, -0.15) is 11.6 Å². The Balaban J connectivity index is 0.000000365. The molecule has 1 unspecified atom stereocenters. The van der Waals surface area contributed by atoms with Crippen molar-refractivity contribution in [2.75, 3.05) is 0 Å². The second kappa shape index (κ2) is 16.2. The molecule has 0 amide bonds. The second-order valence-corrected chi connectivity index (χ2v) is 17.4. The van der Waals surface area contributed by atoms with Crippen molar-refractivity contribution in [3.05, 3.63) is 112 Å². The van der Waals surface area contributed by atoms with Crippen LogP contribution in [0.5, 0.6) is 0 Å². The number of hydrogen-bond acceptors (Lipinski definition) is 0. The van der Waals surface area contributed by atoms with Gasteiger partial charge in [0.2, 0.25) is 0 Å². The fraction of sp³-hybridized carbons (Fsp3) is 0.442. The summed E-state index contributed by atoms with van der Waals surface area (Å²) >= 11 is 1.46. The SMILES string of the molecule is CC(C)(C)c1ccc([CH]=[Zr+2])cc1.CC(C)(C)c1ccc2[cH-]c3ccc(C(C)(C)C)cc3c2c1.CC1=[C-]C(C)C=C1C(C)(C)C.[Cl-].[Cl-]. The maximum absolute atomic E-state index is 3.40. The molecule has 46 heavy (non-hydrogen) atoms. The predicted molar refractivity (Wildman–Crippen MR) is 194 cm³/mol. The number of halogens is 2. The normalized spacial score (nSPS) is 15.0. The van der Waals surface area contributed by atoms with Gasteiger partial charge >= 0.3 is 89.5 Å². The zero-order chi connectivity index (χ0) is 33.3. The van der Waals surface area contributed by atoms with Gasteiger partial charge in [0.1, 0.15) is 0 Å². The van der Waals surface area contributed by atoms with Crippen LogP contribution in [0.1, 0.15) is 119 Å². The summed E-state index contributed by atoms with van der Waals surface area (Å²) in [5.74, 6) is 0.518. The van der Waals surface area contributed by atoms with Crippen molar-refractivity contribution >= 4 is 25.3 Å². The summed E-state index contributed by atoms with van der Waals surface area (Å²) in [4.78, 5) is 0. The number of fused-ring (bicyclic) bond motifs is 3. The van der Waals surface area contributed by atoms with Gasteiger partial charge in [-0.25, -0.2) is 5.57 Å². The molecule has 0 aliphatic heterocycles. The molecule has 1 aliphatic rings. The van der Waals surface area contributed by atoms with Crippen molar-refractivity contribution in [1.82, 2.24) is 0 Å². The Morgan fingerprint density at radius 3 is 1.28 bits per heavy atom. The summed E-state index contributed by atoms with van der Waals surface area (Å²) in [5, 5.41) is 5.49. The number of rotatable bonds is 1. The van der Waals surface area contributed by atoms with Crippen LogP contribution in [0.3, 0.4) is 0 Å². The summed E-state index contributed by atoms with van der Waals surface area (Å²) in [5.41, 5.74) is 9.31. The third-order valence-electron chi connectivity index (χ3n) is 8.46. The summed E-state index contributed by atoms with van der Waals surface area (Å²) < 4.78 is 2.21. The number of hydrogen-bond donors (Lipinski definition) is 0. The summed E-state index contributed by atoms with van der Waals surface area (Å²) in [6.45, 7) is 31.5. The zero-order valence-corrected chi connectivity index (χ0v) is 34.8. The Bertz CT molecular complexity index is 1580. The third-order valence-corrected chi connectivity index (χ3v) is 9.28. The Hall–Kier alpha value is -1.66. The van der Waals surface area contributed by atoms with Crippen LogP contribution in [0.25, 0.3) is 21.5 Å². The van der Waals surface area contributed by atoms with Gasteiger partial charge in [-0.05, 0) is 10.8 Å². The monoisotopic (exact) mass is 732 g/mol. The Labute approximate surface area is 309 Å². The number of allylic oxidation sites excluding steroid dienone is 4. The standard InChI is InChI=1S/C21H25.C11H17.C11H14.2ClH.Zr/c1-20(2,3)16-9-7-14-11-15-8-10-17(21(4,5)6)13-19(15)18(14)12-16;1-8-6-9(2)10(7-8)11(3,4)5;1-9-5-7-10(8-6-9)11(2,3)4;;;/h7-13H,1-6H3;7-8H,1-5H3;1,5-8H,2-4H3;2*1H;/q2*-1;;;;+2/p-2. The van der Waals surface area contributed by atoms with Crippen LogP contribution in [0, 0.1) is 17.4 Å². The summed E-state index contributed by atoms with van der Waals surface area (Å²) in [7, 11) is 0. The molecule has 0 N–H and O–H groups in total. The van der Waals surface area contributed by atoms with Crippen molar-refractivity contribution in [3.8, 4) is 0 Å². The van der Waals surface area contributed by atoms with Crippen LogP contribution in [0.15, 0.2) is 84.0 Å². The molecule has 0 aromatic heterocycles. The van der Waals surface area contributed by atoms with Crippen molar-refractivity contribution in [2.24, 2.45) is 11.3 Å². The van der Waals surface area contributed by atoms with E-state index in [-0.39, 0.29) is 41.1 Å². The van der Waals surface area contributed by atoms with E-state index in [0.29, 0.717) is 11.3 Å². The average Bonchev–Trinajstić information content (AvgIpc) is 3.45. The molecular weight excluding hydrogens is 679 g/mol. The minimum absolute atomic E-state index is 0. The van der Waals surface area contributed by atoms with E-state index in [1.54, 1.807) is 0 Å². The van der Waals surface area contributed by atoms with E-state index >= 15 is 0 Å². The van der Waals surface area contributed by atoms with Crippen LogP contribution in [-0.2, 0) is 40.5 Å². The van der Waals surface area contributed by atoms with Gasteiger partial charge in [-0.3, -0.25) is 6.08 Å². The first-order chi connectivity index (χ1) is 20.1. The zero-order valence-electron chi connectivity index (χ0n) is 30.8. The molecular formula is C43H56Cl2Zr-2. The average molecular weight is 735 g/mol. The molecule has 4 aromatic carbocycles. The van der Waals surface area contributed by atoms with E-state index in [1.807, 2.05) is 0 Å². The molecule has 248 valence electrons. The molecule has 0 saturated carbocycles. The van der Waals surface area contributed by atoms with Gasteiger partial charge in [0.25, 0.3) is 0 Å². The van der Waals surface area contributed by atoms with Crippen molar-refractivity contribution in [2.45, 2.75) is 113 Å². The fourth-order valence-corrected chi connectivity index (χ4v) is 6.13. The molecule has 4 aromatic rings. The van der Waals surface area contributed by atoms with Crippen molar-refractivity contribution < 1.29 is 49.0 Å². The van der Waals surface area contributed by atoms with E-state index in [1.165, 1.54) is 79.2 Å². The van der Waals surface area contributed by atoms with Gasteiger partial charge in [-0.15, -0.1) is 39.7 Å². The smallest absolute Gasteiger partial charge is 0.0145 e. The minimum Gasteiger partial charge on any atom is -1.00 e. The predicted octanol–water partition coefficient (Wildman–Crippen LogP) is 6.35. The van der Waals surface area contributed by atoms with Crippen LogP contribution >= 0.6 is 0 Å². The molecule has 0 bridgehead atoms. The van der Waals surface area contributed by atoms with E-state index in [9.17, 15) is 0 Å². The first-order valence-corrected chi connectivity index (χ1v) is 17.6. The maximum atomic E-state index is 3.40. The Morgan fingerprint density at radius 2 is 1.00 bits per heavy atom. The Morgan fingerprint density at radius 1 is 0.609 bits per heavy atom. The third kappa shape index (κ3) is 11.2. The van der Waals surface area contributed by atoms with E-state index in [0.717, 1.165) is 0 Å². The largest absolute Gasteiger partial charge is 1.00 e. The van der Waals surface area contributed by atoms with E-state index in [2.05, 4.69) is 180 Å². The molecule has 0 nitrogen and oxygen atoms in total. The second-order valence-electron chi connectivity index (χ2n) is 16.7. The van der Waals surface area contributed by atoms with Crippen molar-refractivity contribution in [3.63, 3.8) is 0 Å². The molecule has 0 heterocycles. The molecule has 0 radical (unpaired) electrons. The number of benzene rings is 3. The van der Waals surface area contributed by atoms with Crippen molar-refractivity contribution in [1.29, 1.82) is 0 Å². The molecule has 3 heteroatoms. The molecule has 0 spiro atoms. The van der Waals surface area contributed by atoms with Crippen LogP contribution in [0.2, 0.25) is 0 Å². The summed E-state index contributed by atoms with van der Waals surface area (Å²) in [6.07, 6.45) is 5.71. The minimum atomic E-state index is 0. The summed E-state index contributed by atoms with van der Waals surface area (Å²) in [6, 6.07) is 25.0. The first kappa shape index (κ1) is 42.4. The van der Waals surface area contributed by atoms with Gasteiger partial charge in [0.15, 0.2) is 0 Å². The Kier molecular flexibility index (Phi) is 14.9. The molecule has 0 saturated heterocycles. The molecule has 1 atom stereocenters. The fourth-order valence-electron chi connectivity index (χ4n) is 5.66. The van der Waals surface area contributed by atoms with Gasteiger partial charge in [-0.1, -0.05) is 123 Å². The van der Waals surface area contributed by atoms with Crippen LogP contribution in [0.4, 0.5) is 0 Å². The maximum Gasteiger partial charge on any atom is -0.0145 e. The quantitative estimate of drug-likeness (QED) is 0.200. The molecule has 0 fully saturated rings. The molecule has 5 rings (SSSR count). The van der Waals surface area contributed by atoms with Gasteiger partial charge in [0, 0.05) is 0 Å². The van der Waals surface area contributed by atoms with E-state index in [4.69, 9.17) is 0 Å². The van der Waals surface area contributed by atoms with Gasteiger partial charge < -0.3 is 24.8 Å². The first-order valence-electron chi connectivity index (χ1n) is 16.2. The van der Waals surface area contributed by atoms with Crippen LogP contribution < -0.4 is 24.8 Å². The molecule has 1 aliphatic carbocycles. The van der Waals surface area contributed by atoms with Crippen LogP contribution in [-0.4, -0.2) is 3.71 Å².